The van der Waals surface area contributed by atoms with Gasteiger partial charge in [-0.15, -0.1) is 0 Å². The maximum atomic E-state index is 12.0. The van der Waals surface area contributed by atoms with Gasteiger partial charge in [0.1, 0.15) is 17.3 Å². The van der Waals surface area contributed by atoms with Crippen LogP contribution in [0.5, 0.6) is 11.5 Å². The van der Waals surface area contributed by atoms with E-state index < -0.39 is 5.41 Å². The van der Waals surface area contributed by atoms with Gasteiger partial charge in [-0.2, -0.15) is 0 Å². The smallest absolute Gasteiger partial charge is 0.230 e. The number of aromatic nitrogens is 1. The summed E-state index contributed by atoms with van der Waals surface area (Å²) in [5.41, 5.74) is 1.08. The number of rotatable bonds is 5. The molecule has 6 nitrogen and oxygen atoms in total. The van der Waals surface area contributed by atoms with Crippen LogP contribution < -0.4 is 20.1 Å². The van der Waals surface area contributed by atoms with Crippen molar-refractivity contribution in [3.05, 3.63) is 36.5 Å². The summed E-state index contributed by atoms with van der Waals surface area (Å²) in [6.07, 6.45) is 1.65. The molecular weight excluding hydrogens is 306 g/mol. The number of carbonyl (C=O) groups excluding carboxylic acids is 1. The average Bonchev–Trinajstić information content (AvgIpc) is 2.55. The Balaban J connectivity index is 2.13. The predicted octanol–water partition coefficient (Wildman–Crippen LogP) is 3.83. The first-order chi connectivity index (χ1) is 11.3. The van der Waals surface area contributed by atoms with Crippen molar-refractivity contribution in [1.82, 2.24) is 4.98 Å². The van der Waals surface area contributed by atoms with Crippen molar-refractivity contribution in [2.75, 3.05) is 24.9 Å². The number of ether oxygens (including phenoxy) is 2. The van der Waals surface area contributed by atoms with Gasteiger partial charge in [-0.3, -0.25) is 4.79 Å². The average molecular weight is 329 g/mol. The molecule has 0 saturated carbocycles. The minimum absolute atomic E-state index is 0.0785. The molecule has 0 aliphatic heterocycles. The second-order valence-corrected chi connectivity index (χ2v) is 6.33. The second-order valence-electron chi connectivity index (χ2n) is 6.33. The van der Waals surface area contributed by atoms with E-state index in [0.717, 1.165) is 17.1 Å². The Kier molecular flexibility index (Phi) is 5.28. The van der Waals surface area contributed by atoms with Crippen LogP contribution >= 0.6 is 0 Å². The van der Waals surface area contributed by atoms with Crippen LogP contribution in [-0.2, 0) is 4.79 Å². The van der Waals surface area contributed by atoms with Crippen LogP contribution in [0.1, 0.15) is 20.8 Å². The fraction of sp³-hybridized carbons (Fsp3) is 0.333. The number of amides is 1. The number of carbonyl (C=O) groups is 1. The minimum Gasteiger partial charge on any atom is -0.497 e. The van der Waals surface area contributed by atoms with E-state index in [0.29, 0.717) is 11.6 Å². The maximum absolute atomic E-state index is 12.0. The Morgan fingerprint density at radius 3 is 2.38 bits per heavy atom. The van der Waals surface area contributed by atoms with E-state index in [1.165, 1.54) is 0 Å². The zero-order valence-electron chi connectivity index (χ0n) is 14.6. The largest absolute Gasteiger partial charge is 0.497 e. The van der Waals surface area contributed by atoms with E-state index in [9.17, 15) is 4.79 Å². The third-order valence-corrected chi connectivity index (χ3v) is 3.37. The third-order valence-electron chi connectivity index (χ3n) is 3.37. The lowest BCUT2D eigenvalue weighted by atomic mass is 9.96. The highest BCUT2D eigenvalue weighted by atomic mass is 16.5. The highest BCUT2D eigenvalue weighted by molar-refractivity contribution is 5.93. The third kappa shape index (κ3) is 4.38. The van der Waals surface area contributed by atoms with Crippen LogP contribution in [0.15, 0.2) is 36.5 Å². The van der Waals surface area contributed by atoms with Crippen molar-refractivity contribution in [2.24, 2.45) is 5.41 Å². The molecule has 2 aromatic rings. The van der Waals surface area contributed by atoms with E-state index in [2.05, 4.69) is 15.6 Å². The molecule has 0 radical (unpaired) electrons. The lowest BCUT2D eigenvalue weighted by Crippen LogP contribution is -2.27. The zero-order chi connectivity index (χ0) is 17.7. The SMILES string of the molecule is COc1ccc(OC)c(Nc2ccc(NC(=O)C(C)(C)C)nc2)c1. The molecule has 2 rings (SSSR count). The summed E-state index contributed by atoms with van der Waals surface area (Å²) >= 11 is 0. The van der Waals surface area contributed by atoms with Crippen molar-refractivity contribution in [3.63, 3.8) is 0 Å². The number of pyridine rings is 1. The first-order valence-corrected chi connectivity index (χ1v) is 7.60. The Hall–Kier alpha value is -2.76. The summed E-state index contributed by atoms with van der Waals surface area (Å²) in [5.74, 6) is 1.85. The fourth-order valence-corrected chi connectivity index (χ4v) is 1.91. The van der Waals surface area contributed by atoms with E-state index in [1.807, 2.05) is 45.0 Å². The number of benzene rings is 1. The van der Waals surface area contributed by atoms with Crippen LogP contribution in [0.4, 0.5) is 17.2 Å². The number of nitrogens with one attached hydrogen (secondary N) is 2. The Morgan fingerprint density at radius 2 is 1.83 bits per heavy atom. The summed E-state index contributed by atoms with van der Waals surface area (Å²) in [4.78, 5) is 16.2. The molecule has 0 aliphatic rings. The van der Waals surface area contributed by atoms with Crippen molar-refractivity contribution in [3.8, 4) is 11.5 Å². The summed E-state index contributed by atoms with van der Waals surface area (Å²) in [5, 5.41) is 6.02. The maximum Gasteiger partial charge on any atom is 0.230 e. The molecule has 1 aromatic heterocycles. The van der Waals surface area contributed by atoms with E-state index in [1.54, 1.807) is 26.5 Å². The molecule has 2 N–H and O–H groups in total. The number of nitrogens with zero attached hydrogens (tertiary/aromatic N) is 1. The van der Waals surface area contributed by atoms with Crippen LogP contribution in [0.25, 0.3) is 0 Å². The normalized spacial score (nSPS) is 10.9. The van der Waals surface area contributed by atoms with E-state index in [4.69, 9.17) is 9.47 Å². The van der Waals surface area contributed by atoms with Crippen molar-refractivity contribution in [1.29, 1.82) is 0 Å². The van der Waals surface area contributed by atoms with Crippen LogP contribution in [0, 0.1) is 5.41 Å². The number of methoxy groups -OCH3 is 2. The Bertz CT molecular complexity index is 706. The highest BCUT2D eigenvalue weighted by Gasteiger charge is 2.21. The molecule has 0 spiro atoms. The fourth-order valence-electron chi connectivity index (χ4n) is 1.91. The van der Waals surface area contributed by atoms with E-state index in [-0.39, 0.29) is 5.91 Å². The van der Waals surface area contributed by atoms with Gasteiger partial charge in [0.25, 0.3) is 0 Å². The van der Waals surface area contributed by atoms with E-state index >= 15 is 0 Å². The molecule has 128 valence electrons. The van der Waals surface area contributed by atoms with Crippen molar-refractivity contribution in [2.45, 2.75) is 20.8 Å². The Labute approximate surface area is 142 Å². The zero-order valence-corrected chi connectivity index (χ0v) is 14.6. The van der Waals surface area contributed by atoms with Gasteiger partial charge < -0.3 is 20.1 Å². The first kappa shape index (κ1) is 17.6. The van der Waals surface area contributed by atoms with Gasteiger partial charge in [-0.05, 0) is 24.3 Å². The van der Waals surface area contributed by atoms with Crippen LogP contribution in [0.2, 0.25) is 0 Å². The summed E-state index contributed by atoms with van der Waals surface area (Å²) < 4.78 is 10.6. The summed E-state index contributed by atoms with van der Waals surface area (Å²) in [6, 6.07) is 9.08. The van der Waals surface area contributed by atoms with Gasteiger partial charge in [0, 0.05) is 11.5 Å². The molecule has 1 amide bonds. The van der Waals surface area contributed by atoms with Gasteiger partial charge >= 0.3 is 0 Å². The summed E-state index contributed by atoms with van der Waals surface area (Å²) in [6.45, 7) is 5.56. The monoisotopic (exact) mass is 329 g/mol. The van der Waals surface area contributed by atoms with Gasteiger partial charge in [0.15, 0.2) is 0 Å². The highest BCUT2D eigenvalue weighted by Crippen LogP contribution is 2.31. The molecule has 0 saturated heterocycles. The quantitative estimate of drug-likeness (QED) is 0.872. The minimum atomic E-state index is -0.466. The standard InChI is InChI=1S/C18H23N3O3/c1-18(2,3)17(22)21-16-9-6-12(11-19-16)20-14-10-13(23-4)7-8-15(14)24-5/h6-11,20H,1-5H3,(H,19,21,22). The van der Waals surface area contributed by atoms with Crippen molar-refractivity contribution >= 4 is 23.1 Å². The topological polar surface area (TPSA) is 72.5 Å². The lowest BCUT2D eigenvalue weighted by molar-refractivity contribution is -0.123. The number of hydrogen-bond donors (Lipinski definition) is 2. The van der Waals surface area contributed by atoms with Crippen molar-refractivity contribution < 1.29 is 14.3 Å². The molecule has 0 fully saturated rings. The molecule has 0 bridgehead atoms. The summed E-state index contributed by atoms with van der Waals surface area (Å²) in [7, 11) is 3.22. The Morgan fingerprint density at radius 1 is 1.08 bits per heavy atom. The van der Waals surface area contributed by atoms with Gasteiger partial charge in [-0.25, -0.2) is 4.98 Å². The molecule has 0 unspecified atom stereocenters. The molecule has 24 heavy (non-hydrogen) atoms. The molecular formula is C18H23N3O3. The molecule has 1 heterocycles. The predicted molar refractivity (Wildman–Crippen MR) is 95.2 cm³/mol. The number of anilines is 3. The molecule has 0 atom stereocenters. The molecule has 6 heteroatoms. The van der Waals surface area contributed by atoms with Gasteiger partial charge in [-0.1, -0.05) is 20.8 Å². The first-order valence-electron chi connectivity index (χ1n) is 7.60. The number of hydrogen-bond acceptors (Lipinski definition) is 5. The lowest BCUT2D eigenvalue weighted by Gasteiger charge is -2.17. The van der Waals surface area contributed by atoms with Gasteiger partial charge in [0.2, 0.25) is 5.91 Å². The second kappa shape index (κ2) is 7.21. The molecule has 0 aliphatic carbocycles. The van der Waals surface area contributed by atoms with Crippen LogP contribution in [-0.4, -0.2) is 25.1 Å². The molecule has 1 aromatic carbocycles. The van der Waals surface area contributed by atoms with Gasteiger partial charge in [0.05, 0.1) is 31.8 Å². The van der Waals surface area contributed by atoms with Crippen LogP contribution in [0.3, 0.4) is 0 Å².